The van der Waals surface area contributed by atoms with Crippen LogP contribution < -0.4 is 5.73 Å². The highest BCUT2D eigenvalue weighted by molar-refractivity contribution is 14.0. The van der Waals surface area contributed by atoms with Crippen LogP contribution >= 0.6 is 35.7 Å². The van der Waals surface area contributed by atoms with Crippen LogP contribution in [0.4, 0.5) is 0 Å². The highest BCUT2D eigenvalue weighted by Crippen LogP contribution is 2.37. The molecule has 0 atom stereocenters. The van der Waals surface area contributed by atoms with Crippen molar-refractivity contribution < 1.29 is 0 Å². The second kappa shape index (κ2) is 7.73. The molecule has 0 aromatic rings. The van der Waals surface area contributed by atoms with E-state index in [1.54, 1.807) is 0 Å². The molecule has 2 aliphatic carbocycles. The predicted octanol–water partition coefficient (Wildman–Crippen LogP) is 2.37. The minimum absolute atomic E-state index is 0. The zero-order chi connectivity index (χ0) is 14.0. The Bertz CT molecular complexity index is 361. The van der Waals surface area contributed by atoms with Crippen LogP contribution in [0.25, 0.3) is 0 Å². The van der Waals surface area contributed by atoms with Gasteiger partial charge in [-0.3, -0.25) is 9.89 Å². The van der Waals surface area contributed by atoms with Crippen LogP contribution in [0.3, 0.4) is 0 Å². The third-order valence-electron chi connectivity index (χ3n) is 5.21. The number of nitrogens with zero attached hydrogens (tertiary/aromatic N) is 3. The Morgan fingerprint density at radius 1 is 1.29 bits per heavy atom. The smallest absolute Gasteiger partial charge is 0.191 e. The van der Waals surface area contributed by atoms with Gasteiger partial charge in [-0.1, -0.05) is 12.8 Å². The van der Waals surface area contributed by atoms with E-state index >= 15 is 0 Å². The zero-order valence-electron chi connectivity index (χ0n) is 13.1. The molecule has 3 fully saturated rings. The number of thioether (sulfide) groups is 1. The number of nitrogens with two attached hydrogens (primary N) is 1. The van der Waals surface area contributed by atoms with Crippen LogP contribution in [0.2, 0.25) is 0 Å². The first-order chi connectivity index (χ1) is 9.71. The maximum absolute atomic E-state index is 6.18. The molecule has 122 valence electrons. The Hall–Kier alpha value is 0.310. The Morgan fingerprint density at radius 2 is 1.90 bits per heavy atom. The van der Waals surface area contributed by atoms with E-state index in [4.69, 9.17) is 10.7 Å². The van der Waals surface area contributed by atoms with E-state index < -0.39 is 0 Å². The zero-order valence-corrected chi connectivity index (χ0v) is 16.2. The molecule has 3 aliphatic rings. The summed E-state index contributed by atoms with van der Waals surface area (Å²) in [5, 5.41) is 0. The van der Waals surface area contributed by atoms with Crippen molar-refractivity contribution in [2.24, 2.45) is 10.7 Å². The first kappa shape index (κ1) is 17.7. The van der Waals surface area contributed by atoms with E-state index in [0.717, 1.165) is 12.5 Å². The van der Waals surface area contributed by atoms with E-state index in [2.05, 4.69) is 28.6 Å². The molecular weight excluding hydrogens is 395 g/mol. The summed E-state index contributed by atoms with van der Waals surface area (Å²) in [6.45, 7) is 3.37. The van der Waals surface area contributed by atoms with Crippen LogP contribution in [-0.4, -0.2) is 65.5 Å². The fourth-order valence-electron chi connectivity index (χ4n) is 3.63. The summed E-state index contributed by atoms with van der Waals surface area (Å²) in [5.41, 5.74) is 6.49. The average Bonchev–Trinajstić information content (AvgIpc) is 3.23. The van der Waals surface area contributed by atoms with E-state index in [0.29, 0.717) is 11.6 Å². The lowest BCUT2D eigenvalue weighted by Gasteiger charge is -2.42. The lowest BCUT2D eigenvalue weighted by atomic mass is 9.95. The van der Waals surface area contributed by atoms with E-state index in [9.17, 15) is 0 Å². The lowest BCUT2D eigenvalue weighted by Crippen LogP contribution is -2.53. The number of hydrogen-bond donors (Lipinski definition) is 1. The summed E-state index contributed by atoms with van der Waals surface area (Å²) in [6, 6.07) is 0.657. The van der Waals surface area contributed by atoms with Gasteiger partial charge in [0.15, 0.2) is 5.96 Å². The molecule has 0 bridgehead atoms. The van der Waals surface area contributed by atoms with Crippen LogP contribution in [0, 0.1) is 0 Å². The Morgan fingerprint density at radius 3 is 2.48 bits per heavy atom. The van der Waals surface area contributed by atoms with E-state index in [1.807, 2.05) is 0 Å². The molecule has 0 amide bonds. The molecule has 1 aliphatic heterocycles. The van der Waals surface area contributed by atoms with Crippen molar-refractivity contribution in [1.29, 1.82) is 0 Å². The standard InChI is InChI=1S/C15H28N4S.HI/c1-18(13-4-5-13)14(16)17-12-15(6-2-3-7-15)19-8-10-20-11-9-19;/h13H,2-12H2,1H3,(H2,16,17);1H. The second-order valence-electron chi connectivity index (χ2n) is 6.55. The fourth-order valence-corrected chi connectivity index (χ4v) is 4.54. The topological polar surface area (TPSA) is 44.9 Å². The first-order valence-electron chi connectivity index (χ1n) is 8.07. The summed E-state index contributed by atoms with van der Waals surface area (Å²) in [7, 11) is 2.09. The Labute approximate surface area is 150 Å². The van der Waals surface area contributed by atoms with Crippen molar-refractivity contribution in [2.75, 3.05) is 38.2 Å². The number of aliphatic imine (C=N–C) groups is 1. The number of hydrogen-bond acceptors (Lipinski definition) is 3. The Balaban J connectivity index is 0.00000161. The van der Waals surface area contributed by atoms with E-state index in [-0.39, 0.29) is 24.0 Å². The van der Waals surface area contributed by atoms with Crippen molar-refractivity contribution >= 4 is 41.7 Å². The van der Waals surface area contributed by atoms with Gasteiger partial charge < -0.3 is 10.6 Å². The van der Waals surface area contributed by atoms with Crippen LogP contribution in [0.5, 0.6) is 0 Å². The normalized spacial score (nSPS) is 26.4. The van der Waals surface area contributed by atoms with Gasteiger partial charge in [0.1, 0.15) is 0 Å². The number of rotatable bonds is 4. The summed E-state index contributed by atoms with van der Waals surface area (Å²) < 4.78 is 0. The number of guanidine groups is 1. The Kier molecular flexibility index (Phi) is 6.50. The monoisotopic (exact) mass is 424 g/mol. The first-order valence-corrected chi connectivity index (χ1v) is 9.22. The second-order valence-corrected chi connectivity index (χ2v) is 7.77. The lowest BCUT2D eigenvalue weighted by molar-refractivity contribution is 0.112. The summed E-state index contributed by atoms with van der Waals surface area (Å²) in [6.07, 6.45) is 7.89. The summed E-state index contributed by atoms with van der Waals surface area (Å²) >= 11 is 2.09. The minimum Gasteiger partial charge on any atom is -0.370 e. The van der Waals surface area contributed by atoms with Gasteiger partial charge in [0.2, 0.25) is 0 Å². The molecule has 6 heteroatoms. The highest BCUT2D eigenvalue weighted by Gasteiger charge is 2.40. The molecule has 2 N–H and O–H groups in total. The third-order valence-corrected chi connectivity index (χ3v) is 6.15. The predicted molar refractivity (Wildman–Crippen MR) is 103 cm³/mol. The van der Waals surface area contributed by atoms with Gasteiger partial charge in [-0.05, 0) is 25.7 Å². The SMILES string of the molecule is CN(C(N)=NCC1(N2CCSCC2)CCCC1)C1CC1.I. The van der Waals surface area contributed by atoms with Crippen molar-refractivity contribution in [3.63, 3.8) is 0 Å². The molecule has 0 radical (unpaired) electrons. The van der Waals surface area contributed by atoms with Crippen molar-refractivity contribution in [3.8, 4) is 0 Å². The fraction of sp³-hybridized carbons (Fsp3) is 0.933. The molecule has 1 heterocycles. The van der Waals surface area contributed by atoms with Crippen molar-refractivity contribution in [3.05, 3.63) is 0 Å². The highest BCUT2D eigenvalue weighted by atomic mass is 127. The van der Waals surface area contributed by atoms with Crippen LogP contribution in [0.1, 0.15) is 38.5 Å². The average molecular weight is 424 g/mol. The molecule has 0 aromatic heterocycles. The van der Waals surface area contributed by atoms with Gasteiger partial charge in [-0.2, -0.15) is 11.8 Å². The summed E-state index contributed by atoms with van der Waals surface area (Å²) in [4.78, 5) is 9.67. The maximum atomic E-state index is 6.18. The molecular formula is C15H29IN4S. The summed E-state index contributed by atoms with van der Waals surface area (Å²) in [5.74, 6) is 3.32. The molecule has 21 heavy (non-hydrogen) atoms. The van der Waals surface area contributed by atoms with E-state index in [1.165, 1.54) is 63.1 Å². The minimum atomic E-state index is 0. The van der Waals surface area contributed by atoms with Gasteiger partial charge in [0.05, 0.1) is 6.54 Å². The molecule has 2 saturated carbocycles. The molecule has 0 aromatic carbocycles. The maximum Gasteiger partial charge on any atom is 0.191 e. The molecule has 3 rings (SSSR count). The quantitative estimate of drug-likeness (QED) is 0.428. The van der Waals surface area contributed by atoms with Gasteiger partial charge >= 0.3 is 0 Å². The van der Waals surface area contributed by atoms with Crippen LogP contribution in [0.15, 0.2) is 4.99 Å². The third kappa shape index (κ3) is 4.19. The van der Waals surface area contributed by atoms with Gasteiger partial charge in [0.25, 0.3) is 0 Å². The van der Waals surface area contributed by atoms with Gasteiger partial charge in [0, 0.05) is 43.2 Å². The van der Waals surface area contributed by atoms with Crippen molar-refractivity contribution in [1.82, 2.24) is 9.80 Å². The molecule has 1 saturated heterocycles. The van der Waals surface area contributed by atoms with Gasteiger partial charge in [-0.15, -0.1) is 24.0 Å². The van der Waals surface area contributed by atoms with Crippen molar-refractivity contribution in [2.45, 2.75) is 50.1 Å². The molecule has 4 nitrogen and oxygen atoms in total. The van der Waals surface area contributed by atoms with Crippen LogP contribution in [-0.2, 0) is 0 Å². The van der Waals surface area contributed by atoms with Gasteiger partial charge in [-0.25, -0.2) is 0 Å². The number of halogens is 1. The largest absolute Gasteiger partial charge is 0.370 e. The molecule has 0 spiro atoms. The molecule has 0 unspecified atom stereocenters.